The van der Waals surface area contributed by atoms with Gasteiger partial charge in [0.1, 0.15) is 0 Å². The lowest BCUT2D eigenvalue weighted by atomic mass is 10.1. The lowest BCUT2D eigenvalue weighted by Crippen LogP contribution is -2.44. The van der Waals surface area contributed by atoms with Gasteiger partial charge in [-0.25, -0.2) is 9.59 Å². The third-order valence-corrected chi connectivity index (χ3v) is 3.38. The van der Waals surface area contributed by atoms with Gasteiger partial charge >= 0.3 is 12.0 Å². The number of carbonyl (C=O) groups excluding carboxylic acids is 1. The van der Waals surface area contributed by atoms with Crippen LogP contribution in [-0.2, 0) is 0 Å². The van der Waals surface area contributed by atoms with E-state index < -0.39 is 12.0 Å². The summed E-state index contributed by atoms with van der Waals surface area (Å²) in [5, 5.41) is 20.9. The van der Waals surface area contributed by atoms with Crippen LogP contribution < -0.4 is 5.32 Å². The highest BCUT2D eigenvalue weighted by Crippen LogP contribution is 2.17. The van der Waals surface area contributed by atoms with E-state index in [0.717, 1.165) is 12.8 Å². The molecule has 0 aromatic heterocycles. The molecule has 0 aliphatic heterocycles. The van der Waals surface area contributed by atoms with Crippen LogP contribution in [0.3, 0.4) is 0 Å². The number of amides is 2. The predicted octanol–water partition coefficient (Wildman–Crippen LogP) is 2.40. The summed E-state index contributed by atoms with van der Waals surface area (Å²) >= 11 is 0. The van der Waals surface area contributed by atoms with Crippen molar-refractivity contribution in [3.8, 4) is 0 Å². The van der Waals surface area contributed by atoms with Gasteiger partial charge in [0.2, 0.25) is 0 Å². The molecule has 0 spiro atoms. The number of carbonyl (C=O) groups is 2. The first-order valence-corrected chi connectivity index (χ1v) is 7.05. The first-order chi connectivity index (χ1) is 10.0. The summed E-state index contributed by atoms with van der Waals surface area (Å²) in [4.78, 5) is 25.0. The molecule has 3 N–H and O–H groups in total. The van der Waals surface area contributed by atoms with Gasteiger partial charge in [0, 0.05) is 12.6 Å². The molecule has 1 rings (SSSR count). The van der Waals surface area contributed by atoms with Crippen LogP contribution in [0.1, 0.15) is 37.0 Å². The van der Waals surface area contributed by atoms with Gasteiger partial charge < -0.3 is 20.4 Å². The third kappa shape index (κ3) is 4.46. The van der Waals surface area contributed by atoms with E-state index in [2.05, 4.69) is 5.32 Å². The van der Waals surface area contributed by atoms with Gasteiger partial charge in [-0.3, -0.25) is 0 Å². The van der Waals surface area contributed by atoms with E-state index in [0.29, 0.717) is 0 Å². The van der Waals surface area contributed by atoms with Crippen molar-refractivity contribution in [2.45, 2.75) is 32.7 Å². The van der Waals surface area contributed by atoms with Crippen molar-refractivity contribution >= 4 is 17.7 Å². The molecular formula is C15H22N2O4. The number of aliphatic hydroxyl groups excluding tert-OH is 1. The molecular weight excluding hydrogens is 272 g/mol. The zero-order chi connectivity index (χ0) is 15.8. The van der Waals surface area contributed by atoms with E-state index >= 15 is 0 Å². The van der Waals surface area contributed by atoms with Crippen molar-refractivity contribution in [1.82, 2.24) is 4.90 Å². The van der Waals surface area contributed by atoms with Crippen LogP contribution in [0.2, 0.25) is 0 Å². The zero-order valence-corrected chi connectivity index (χ0v) is 12.4. The molecule has 0 aliphatic carbocycles. The zero-order valence-electron chi connectivity index (χ0n) is 12.4. The molecule has 0 aliphatic rings. The van der Waals surface area contributed by atoms with Gasteiger partial charge in [-0.15, -0.1) is 0 Å². The van der Waals surface area contributed by atoms with Crippen LogP contribution in [0.15, 0.2) is 24.3 Å². The fourth-order valence-electron chi connectivity index (χ4n) is 2.25. The quantitative estimate of drug-likeness (QED) is 0.720. The molecule has 0 saturated carbocycles. The molecule has 0 bridgehead atoms. The number of aromatic carboxylic acids is 1. The first kappa shape index (κ1) is 17.0. The normalized spacial score (nSPS) is 10.5. The second-order valence-electron chi connectivity index (χ2n) is 4.67. The van der Waals surface area contributed by atoms with Crippen molar-refractivity contribution in [3.05, 3.63) is 29.8 Å². The number of para-hydroxylation sites is 1. The van der Waals surface area contributed by atoms with Crippen LogP contribution in [0, 0.1) is 0 Å². The Morgan fingerprint density at radius 3 is 2.38 bits per heavy atom. The average molecular weight is 294 g/mol. The molecule has 0 radical (unpaired) electrons. The summed E-state index contributed by atoms with van der Waals surface area (Å²) < 4.78 is 0. The topological polar surface area (TPSA) is 89.9 Å². The highest BCUT2D eigenvalue weighted by atomic mass is 16.4. The van der Waals surface area contributed by atoms with Gasteiger partial charge in [-0.1, -0.05) is 26.0 Å². The van der Waals surface area contributed by atoms with E-state index in [1.54, 1.807) is 23.1 Å². The SMILES string of the molecule is CCC(CC)N(CCO)C(=O)Nc1ccccc1C(=O)O. The van der Waals surface area contributed by atoms with E-state index in [-0.39, 0.29) is 30.4 Å². The standard InChI is InChI=1S/C15H22N2O4/c1-3-11(4-2)17(9-10-18)15(21)16-13-8-6-5-7-12(13)14(19)20/h5-8,11,18H,3-4,9-10H2,1-2H3,(H,16,21)(H,19,20). The summed E-state index contributed by atoms with van der Waals surface area (Å²) in [7, 11) is 0. The van der Waals surface area contributed by atoms with Gasteiger partial charge in [0.25, 0.3) is 0 Å². The number of rotatable bonds is 7. The van der Waals surface area contributed by atoms with E-state index in [1.807, 2.05) is 13.8 Å². The Morgan fingerprint density at radius 1 is 1.24 bits per heavy atom. The lowest BCUT2D eigenvalue weighted by molar-refractivity contribution is 0.0698. The monoisotopic (exact) mass is 294 g/mol. The number of nitrogens with one attached hydrogen (secondary N) is 1. The number of anilines is 1. The molecule has 0 fully saturated rings. The number of benzene rings is 1. The maximum atomic E-state index is 12.3. The van der Waals surface area contributed by atoms with Gasteiger partial charge in [0.05, 0.1) is 17.9 Å². The molecule has 21 heavy (non-hydrogen) atoms. The first-order valence-electron chi connectivity index (χ1n) is 7.05. The fourth-order valence-corrected chi connectivity index (χ4v) is 2.25. The smallest absolute Gasteiger partial charge is 0.337 e. The maximum Gasteiger partial charge on any atom is 0.337 e. The third-order valence-electron chi connectivity index (χ3n) is 3.38. The van der Waals surface area contributed by atoms with Crippen LogP contribution in [0.5, 0.6) is 0 Å². The Bertz CT molecular complexity index is 486. The predicted molar refractivity (Wildman–Crippen MR) is 80.6 cm³/mol. The molecule has 6 nitrogen and oxygen atoms in total. The summed E-state index contributed by atoms with van der Waals surface area (Å²) in [5.41, 5.74) is 0.295. The second-order valence-corrected chi connectivity index (χ2v) is 4.67. The number of hydrogen-bond acceptors (Lipinski definition) is 3. The maximum absolute atomic E-state index is 12.3. The minimum absolute atomic E-state index is 0.00846. The second kappa shape index (κ2) is 8.26. The molecule has 1 aromatic carbocycles. The summed E-state index contributed by atoms with van der Waals surface area (Å²) in [6.07, 6.45) is 1.54. The number of hydrogen-bond donors (Lipinski definition) is 3. The van der Waals surface area contributed by atoms with Crippen LogP contribution >= 0.6 is 0 Å². The minimum Gasteiger partial charge on any atom is -0.478 e. The van der Waals surface area contributed by atoms with Crippen molar-refractivity contribution in [3.63, 3.8) is 0 Å². The Kier molecular flexibility index (Phi) is 6.68. The Hall–Kier alpha value is -2.08. The summed E-state index contributed by atoms with van der Waals surface area (Å²) in [6.45, 7) is 4.02. The molecule has 1 aromatic rings. The molecule has 0 saturated heterocycles. The van der Waals surface area contributed by atoms with Crippen molar-refractivity contribution in [2.75, 3.05) is 18.5 Å². The van der Waals surface area contributed by atoms with Crippen LogP contribution in [0.4, 0.5) is 10.5 Å². The van der Waals surface area contributed by atoms with Gasteiger partial charge in [-0.05, 0) is 25.0 Å². The Morgan fingerprint density at radius 2 is 1.86 bits per heavy atom. The molecule has 6 heteroatoms. The molecule has 0 heterocycles. The number of carboxylic acids is 1. The fraction of sp³-hybridized carbons (Fsp3) is 0.467. The van der Waals surface area contributed by atoms with Gasteiger partial charge in [-0.2, -0.15) is 0 Å². The van der Waals surface area contributed by atoms with Crippen molar-refractivity contribution in [1.29, 1.82) is 0 Å². The van der Waals surface area contributed by atoms with Crippen molar-refractivity contribution in [2.24, 2.45) is 0 Å². The number of urea groups is 1. The molecule has 116 valence electrons. The van der Waals surface area contributed by atoms with Crippen LogP contribution in [0.25, 0.3) is 0 Å². The lowest BCUT2D eigenvalue weighted by Gasteiger charge is -2.30. The Labute approximate surface area is 124 Å². The minimum atomic E-state index is -1.10. The van der Waals surface area contributed by atoms with E-state index in [4.69, 9.17) is 10.2 Å². The largest absolute Gasteiger partial charge is 0.478 e. The number of nitrogens with zero attached hydrogens (tertiary/aromatic N) is 1. The van der Waals surface area contributed by atoms with E-state index in [1.165, 1.54) is 6.07 Å². The van der Waals surface area contributed by atoms with Gasteiger partial charge in [0.15, 0.2) is 0 Å². The molecule has 2 amide bonds. The van der Waals surface area contributed by atoms with Crippen LogP contribution in [-0.4, -0.2) is 46.3 Å². The number of carboxylic acid groups (broad SMARTS) is 1. The Balaban J connectivity index is 2.94. The highest BCUT2D eigenvalue weighted by Gasteiger charge is 2.22. The summed E-state index contributed by atoms with van der Waals surface area (Å²) in [5.74, 6) is -1.10. The summed E-state index contributed by atoms with van der Waals surface area (Å²) in [6, 6.07) is 5.86. The molecule has 0 unspecified atom stereocenters. The molecule has 0 atom stereocenters. The number of aliphatic hydroxyl groups is 1. The van der Waals surface area contributed by atoms with Crippen molar-refractivity contribution < 1.29 is 19.8 Å². The highest BCUT2D eigenvalue weighted by molar-refractivity contribution is 6.00. The average Bonchev–Trinajstić information content (AvgIpc) is 2.47. The van der Waals surface area contributed by atoms with E-state index in [9.17, 15) is 9.59 Å².